The van der Waals surface area contributed by atoms with Crippen molar-refractivity contribution in [3.8, 4) is 0 Å². The fourth-order valence-electron chi connectivity index (χ4n) is 3.60. The van der Waals surface area contributed by atoms with E-state index in [-0.39, 0.29) is 6.03 Å². The Hall–Kier alpha value is -2.55. The van der Waals surface area contributed by atoms with Crippen LogP contribution in [0, 0.1) is 13.8 Å². The molecule has 0 saturated carbocycles. The van der Waals surface area contributed by atoms with Crippen LogP contribution in [0.1, 0.15) is 28.9 Å². The van der Waals surface area contributed by atoms with Gasteiger partial charge in [0.05, 0.1) is 11.3 Å². The molecule has 1 aromatic carbocycles. The molecule has 0 atom stereocenters. The lowest BCUT2D eigenvalue weighted by atomic mass is 10.1. The van der Waals surface area contributed by atoms with Crippen molar-refractivity contribution in [2.45, 2.75) is 39.5 Å². The van der Waals surface area contributed by atoms with Crippen molar-refractivity contribution in [2.24, 2.45) is 0 Å². The van der Waals surface area contributed by atoms with Gasteiger partial charge in [0.2, 0.25) is 0 Å². The van der Waals surface area contributed by atoms with Gasteiger partial charge in [-0.1, -0.05) is 12.1 Å². The lowest BCUT2D eigenvalue weighted by Gasteiger charge is -2.34. The number of urea groups is 1. The SMILES string of the molecule is Cc1cc(C)n(CCCNC(=O)N2CCN(Cc3ccc(C(F)(F)F)cc3)CC2)n1. The molecular weight excluding hydrogens is 395 g/mol. The summed E-state index contributed by atoms with van der Waals surface area (Å²) in [5.41, 5.74) is 2.31. The normalized spacial score (nSPS) is 15.4. The fraction of sp³-hybridized carbons (Fsp3) is 0.524. The van der Waals surface area contributed by atoms with E-state index in [1.807, 2.05) is 24.6 Å². The van der Waals surface area contributed by atoms with Gasteiger partial charge in [-0.05, 0) is 44.0 Å². The maximum absolute atomic E-state index is 12.7. The first-order valence-corrected chi connectivity index (χ1v) is 10.1. The molecular formula is C21H28F3N5O. The van der Waals surface area contributed by atoms with Crippen LogP contribution < -0.4 is 5.32 Å². The minimum absolute atomic E-state index is 0.0717. The molecule has 30 heavy (non-hydrogen) atoms. The number of piperazine rings is 1. The van der Waals surface area contributed by atoms with Gasteiger partial charge in [0, 0.05) is 51.5 Å². The molecule has 1 N–H and O–H groups in total. The summed E-state index contributed by atoms with van der Waals surface area (Å²) in [5, 5.41) is 7.36. The van der Waals surface area contributed by atoms with Crippen LogP contribution in [0.5, 0.6) is 0 Å². The van der Waals surface area contributed by atoms with E-state index in [1.54, 1.807) is 4.90 Å². The van der Waals surface area contributed by atoms with Crippen molar-refractivity contribution >= 4 is 6.03 Å². The summed E-state index contributed by atoms with van der Waals surface area (Å²) in [6.45, 7) is 8.50. The topological polar surface area (TPSA) is 53.4 Å². The molecule has 3 rings (SSSR count). The van der Waals surface area contributed by atoms with Crippen molar-refractivity contribution in [2.75, 3.05) is 32.7 Å². The third-order valence-corrected chi connectivity index (χ3v) is 5.27. The highest BCUT2D eigenvalue weighted by Gasteiger charge is 2.30. The Morgan fingerprint density at radius 1 is 1.10 bits per heavy atom. The number of benzene rings is 1. The molecule has 0 aliphatic carbocycles. The van der Waals surface area contributed by atoms with Gasteiger partial charge in [-0.15, -0.1) is 0 Å². The first kappa shape index (κ1) is 22.1. The van der Waals surface area contributed by atoms with E-state index < -0.39 is 11.7 Å². The molecule has 2 heterocycles. The first-order chi connectivity index (χ1) is 14.2. The van der Waals surface area contributed by atoms with Crippen molar-refractivity contribution in [3.05, 3.63) is 52.8 Å². The van der Waals surface area contributed by atoms with Gasteiger partial charge in [0.1, 0.15) is 0 Å². The number of nitrogens with zero attached hydrogens (tertiary/aromatic N) is 4. The quantitative estimate of drug-likeness (QED) is 0.725. The second kappa shape index (κ2) is 9.51. The van der Waals surface area contributed by atoms with Crippen LogP contribution in [-0.2, 0) is 19.3 Å². The lowest BCUT2D eigenvalue weighted by molar-refractivity contribution is -0.137. The molecule has 2 aromatic rings. The standard InChI is InChI=1S/C21H28F3N5O/c1-16-14-17(2)29(26-16)9-3-8-25-20(30)28-12-10-27(11-13-28)15-18-4-6-19(7-5-18)21(22,23)24/h4-7,14H,3,8-13,15H2,1-2H3,(H,25,30). The van der Waals surface area contributed by atoms with Crippen molar-refractivity contribution in [1.29, 1.82) is 0 Å². The summed E-state index contributed by atoms with van der Waals surface area (Å²) in [5.74, 6) is 0. The number of rotatable bonds is 6. The van der Waals surface area contributed by atoms with Gasteiger partial charge >= 0.3 is 12.2 Å². The number of nitrogens with one attached hydrogen (secondary N) is 1. The minimum Gasteiger partial charge on any atom is -0.338 e. The number of hydrogen-bond acceptors (Lipinski definition) is 3. The number of halogens is 3. The number of carbonyl (C=O) groups is 1. The Bertz CT molecular complexity index is 839. The summed E-state index contributed by atoms with van der Waals surface area (Å²) >= 11 is 0. The van der Waals surface area contributed by atoms with Crippen molar-refractivity contribution in [3.63, 3.8) is 0 Å². The summed E-state index contributed by atoms with van der Waals surface area (Å²) in [4.78, 5) is 16.3. The molecule has 2 amide bonds. The summed E-state index contributed by atoms with van der Waals surface area (Å²) in [7, 11) is 0. The Balaban J connectivity index is 1.36. The van der Waals surface area contributed by atoms with Gasteiger partial charge in [-0.3, -0.25) is 9.58 Å². The van der Waals surface area contributed by atoms with Crippen LogP contribution in [0.2, 0.25) is 0 Å². The average Bonchev–Trinajstić information content (AvgIpc) is 3.02. The molecule has 1 aliphatic heterocycles. The Morgan fingerprint density at radius 3 is 2.33 bits per heavy atom. The maximum Gasteiger partial charge on any atom is 0.416 e. The molecule has 6 nitrogen and oxygen atoms in total. The Morgan fingerprint density at radius 2 is 1.77 bits per heavy atom. The molecule has 1 aromatic heterocycles. The zero-order valence-electron chi connectivity index (χ0n) is 17.4. The van der Waals surface area contributed by atoms with E-state index in [1.165, 1.54) is 12.1 Å². The summed E-state index contributed by atoms with van der Waals surface area (Å²) in [6.07, 6.45) is -3.50. The van der Waals surface area contributed by atoms with E-state index in [4.69, 9.17) is 0 Å². The molecule has 0 unspecified atom stereocenters. The number of aryl methyl sites for hydroxylation is 3. The van der Waals surface area contributed by atoms with Gasteiger partial charge < -0.3 is 10.2 Å². The van der Waals surface area contributed by atoms with Crippen LogP contribution in [0.25, 0.3) is 0 Å². The monoisotopic (exact) mass is 423 g/mol. The summed E-state index contributed by atoms with van der Waals surface area (Å²) < 4.78 is 39.9. The second-order valence-electron chi connectivity index (χ2n) is 7.69. The molecule has 9 heteroatoms. The van der Waals surface area contributed by atoms with Crippen LogP contribution in [-0.4, -0.2) is 58.3 Å². The highest BCUT2D eigenvalue weighted by molar-refractivity contribution is 5.74. The van der Waals surface area contributed by atoms with Gasteiger partial charge in [-0.2, -0.15) is 18.3 Å². The molecule has 0 bridgehead atoms. The van der Waals surface area contributed by atoms with Crippen LogP contribution in [0.3, 0.4) is 0 Å². The number of carbonyl (C=O) groups excluding carboxylic acids is 1. The zero-order chi connectivity index (χ0) is 21.7. The highest BCUT2D eigenvalue weighted by atomic mass is 19.4. The average molecular weight is 423 g/mol. The lowest BCUT2D eigenvalue weighted by Crippen LogP contribution is -2.51. The van der Waals surface area contributed by atoms with Crippen LogP contribution >= 0.6 is 0 Å². The fourth-order valence-corrected chi connectivity index (χ4v) is 3.60. The van der Waals surface area contributed by atoms with E-state index in [0.717, 1.165) is 42.0 Å². The second-order valence-corrected chi connectivity index (χ2v) is 7.69. The molecule has 1 fully saturated rings. The van der Waals surface area contributed by atoms with E-state index in [2.05, 4.69) is 15.3 Å². The predicted molar refractivity (Wildman–Crippen MR) is 108 cm³/mol. The Labute approximate surface area is 174 Å². The number of aromatic nitrogens is 2. The van der Waals surface area contributed by atoms with Gasteiger partial charge in [0.15, 0.2) is 0 Å². The third kappa shape index (κ3) is 5.98. The third-order valence-electron chi connectivity index (χ3n) is 5.27. The smallest absolute Gasteiger partial charge is 0.338 e. The van der Waals surface area contributed by atoms with Crippen LogP contribution in [0.4, 0.5) is 18.0 Å². The largest absolute Gasteiger partial charge is 0.416 e. The minimum atomic E-state index is -4.31. The van der Waals surface area contributed by atoms with Crippen molar-refractivity contribution < 1.29 is 18.0 Å². The number of alkyl halides is 3. The highest BCUT2D eigenvalue weighted by Crippen LogP contribution is 2.29. The summed E-state index contributed by atoms with van der Waals surface area (Å²) in [6, 6.07) is 7.23. The molecule has 0 radical (unpaired) electrons. The molecule has 1 aliphatic rings. The first-order valence-electron chi connectivity index (χ1n) is 10.1. The van der Waals surface area contributed by atoms with Gasteiger partial charge in [0.25, 0.3) is 0 Å². The molecule has 0 spiro atoms. The zero-order valence-corrected chi connectivity index (χ0v) is 17.4. The molecule has 1 saturated heterocycles. The van der Waals surface area contributed by atoms with E-state index in [9.17, 15) is 18.0 Å². The maximum atomic E-state index is 12.7. The van der Waals surface area contributed by atoms with Crippen LogP contribution in [0.15, 0.2) is 30.3 Å². The predicted octanol–water partition coefficient (Wildman–Crippen LogP) is 3.44. The Kier molecular flexibility index (Phi) is 7.02. The number of hydrogen-bond donors (Lipinski definition) is 1. The van der Waals surface area contributed by atoms with Gasteiger partial charge in [-0.25, -0.2) is 4.79 Å². The van der Waals surface area contributed by atoms with E-state index >= 15 is 0 Å². The van der Waals surface area contributed by atoms with E-state index in [0.29, 0.717) is 39.3 Å². The number of amides is 2. The molecule has 164 valence electrons. The van der Waals surface area contributed by atoms with Crippen molar-refractivity contribution in [1.82, 2.24) is 24.9 Å².